The number of aliphatic hydroxyl groups excluding tert-OH is 1. The number of rotatable bonds is 6. The molecule has 1 aliphatic carbocycles. The smallest absolute Gasteiger partial charge is 0.317 e. The zero-order valence-electron chi connectivity index (χ0n) is 13.5. The molecule has 122 valence electrons. The van der Waals surface area contributed by atoms with Crippen LogP contribution in [0.15, 0.2) is 24.3 Å². The van der Waals surface area contributed by atoms with Crippen molar-refractivity contribution < 1.29 is 9.90 Å². The number of aliphatic hydroxyl groups is 1. The maximum Gasteiger partial charge on any atom is 0.317 e. The van der Waals surface area contributed by atoms with Crippen LogP contribution in [-0.4, -0.2) is 42.3 Å². The number of hydrogen-bond acceptors (Lipinski definition) is 2. The molecule has 5 heteroatoms. The van der Waals surface area contributed by atoms with Crippen molar-refractivity contribution in [1.82, 2.24) is 10.2 Å². The highest BCUT2D eigenvalue weighted by atomic mass is 35.5. The number of urea groups is 1. The van der Waals surface area contributed by atoms with Gasteiger partial charge in [0.25, 0.3) is 0 Å². The van der Waals surface area contributed by atoms with Gasteiger partial charge >= 0.3 is 6.03 Å². The minimum Gasteiger partial charge on any atom is -0.391 e. The first-order valence-corrected chi connectivity index (χ1v) is 8.11. The molecule has 2 rings (SSSR count). The van der Waals surface area contributed by atoms with Crippen molar-refractivity contribution in [2.45, 2.75) is 38.2 Å². The first kappa shape index (κ1) is 17.1. The molecule has 4 nitrogen and oxygen atoms in total. The molecule has 1 aromatic carbocycles. The Hall–Kier alpha value is -1.26. The van der Waals surface area contributed by atoms with Gasteiger partial charge in [0, 0.05) is 30.6 Å². The standard InChI is InChI=1S/C17H25ClN2O2/c1-17(2,13-6-4-5-7-14(13)18)11-19-16(22)20(3)10-15(21)12-8-9-12/h4-7,12,15,21H,8-11H2,1-3H3,(H,19,22). The number of amides is 2. The van der Waals surface area contributed by atoms with E-state index in [-0.39, 0.29) is 11.4 Å². The summed E-state index contributed by atoms with van der Waals surface area (Å²) in [5, 5.41) is 13.5. The molecule has 0 aliphatic heterocycles. The summed E-state index contributed by atoms with van der Waals surface area (Å²) in [7, 11) is 1.71. The molecule has 22 heavy (non-hydrogen) atoms. The molecule has 0 spiro atoms. The molecule has 1 atom stereocenters. The topological polar surface area (TPSA) is 52.6 Å². The highest BCUT2D eigenvalue weighted by Crippen LogP contribution is 2.32. The zero-order chi connectivity index (χ0) is 16.3. The molecule has 0 radical (unpaired) electrons. The van der Waals surface area contributed by atoms with Gasteiger partial charge < -0.3 is 15.3 Å². The highest BCUT2D eigenvalue weighted by Gasteiger charge is 2.31. The van der Waals surface area contributed by atoms with Gasteiger partial charge in [-0.1, -0.05) is 43.6 Å². The van der Waals surface area contributed by atoms with Gasteiger partial charge in [-0.2, -0.15) is 0 Å². The minimum absolute atomic E-state index is 0.167. The molecule has 0 saturated heterocycles. The minimum atomic E-state index is -0.410. The van der Waals surface area contributed by atoms with Gasteiger partial charge in [-0.25, -0.2) is 4.79 Å². The average Bonchev–Trinajstić information content (AvgIpc) is 3.29. The van der Waals surface area contributed by atoms with Crippen molar-refractivity contribution in [2.75, 3.05) is 20.1 Å². The molecular formula is C17H25ClN2O2. The Balaban J connectivity index is 1.87. The monoisotopic (exact) mass is 324 g/mol. The van der Waals surface area contributed by atoms with Gasteiger partial charge in [-0.3, -0.25) is 0 Å². The fourth-order valence-electron chi connectivity index (χ4n) is 2.53. The van der Waals surface area contributed by atoms with Gasteiger partial charge in [0.15, 0.2) is 0 Å². The van der Waals surface area contributed by atoms with Gasteiger partial charge in [-0.05, 0) is 30.4 Å². The highest BCUT2D eigenvalue weighted by molar-refractivity contribution is 6.31. The molecule has 2 amide bonds. The van der Waals surface area contributed by atoms with E-state index in [9.17, 15) is 9.90 Å². The van der Waals surface area contributed by atoms with Crippen molar-refractivity contribution in [2.24, 2.45) is 5.92 Å². The van der Waals surface area contributed by atoms with Crippen LogP contribution in [0.4, 0.5) is 4.79 Å². The Morgan fingerprint density at radius 3 is 2.68 bits per heavy atom. The lowest BCUT2D eigenvalue weighted by molar-refractivity contribution is 0.113. The summed E-state index contributed by atoms with van der Waals surface area (Å²) in [5.74, 6) is 0.370. The summed E-state index contributed by atoms with van der Waals surface area (Å²) in [5.41, 5.74) is 0.752. The molecular weight excluding hydrogens is 300 g/mol. The first-order chi connectivity index (χ1) is 10.3. The van der Waals surface area contributed by atoms with Crippen LogP contribution in [0.1, 0.15) is 32.3 Å². The number of nitrogens with zero attached hydrogens (tertiary/aromatic N) is 1. The Morgan fingerprint density at radius 2 is 2.09 bits per heavy atom. The number of benzene rings is 1. The van der Waals surface area contributed by atoms with Crippen LogP contribution in [0.5, 0.6) is 0 Å². The molecule has 1 fully saturated rings. The summed E-state index contributed by atoms with van der Waals surface area (Å²) < 4.78 is 0. The SMILES string of the molecule is CN(CC(O)C1CC1)C(=O)NCC(C)(C)c1ccccc1Cl. The zero-order valence-corrected chi connectivity index (χ0v) is 14.2. The molecule has 1 saturated carbocycles. The molecule has 0 aromatic heterocycles. The fraction of sp³-hybridized carbons (Fsp3) is 0.588. The van der Waals surface area contributed by atoms with E-state index >= 15 is 0 Å². The second kappa shape index (κ2) is 6.88. The second-order valence-electron chi connectivity index (χ2n) is 6.81. The van der Waals surface area contributed by atoms with Crippen molar-refractivity contribution in [3.8, 4) is 0 Å². The predicted molar refractivity (Wildman–Crippen MR) is 89.2 cm³/mol. The first-order valence-electron chi connectivity index (χ1n) is 7.73. The largest absolute Gasteiger partial charge is 0.391 e. The number of nitrogens with one attached hydrogen (secondary N) is 1. The molecule has 1 unspecified atom stereocenters. The average molecular weight is 325 g/mol. The third-order valence-corrected chi connectivity index (χ3v) is 4.59. The maximum absolute atomic E-state index is 12.2. The molecule has 0 bridgehead atoms. The predicted octanol–water partition coefficient (Wildman–Crippen LogP) is 3.03. The van der Waals surface area contributed by atoms with Crippen LogP contribution in [0.3, 0.4) is 0 Å². The van der Waals surface area contributed by atoms with E-state index in [2.05, 4.69) is 5.32 Å². The van der Waals surface area contributed by atoms with E-state index in [1.807, 2.05) is 38.1 Å². The Bertz CT molecular complexity index is 529. The number of carbonyl (C=O) groups excluding carboxylic acids is 1. The van der Waals surface area contributed by atoms with Gasteiger partial charge in [0.2, 0.25) is 0 Å². The van der Waals surface area contributed by atoms with E-state index in [1.54, 1.807) is 11.9 Å². The van der Waals surface area contributed by atoms with E-state index in [1.165, 1.54) is 0 Å². The third-order valence-electron chi connectivity index (χ3n) is 4.26. The van der Waals surface area contributed by atoms with Crippen molar-refractivity contribution >= 4 is 17.6 Å². The number of carbonyl (C=O) groups is 1. The number of likely N-dealkylation sites (N-methyl/N-ethyl adjacent to an activating group) is 1. The van der Waals surface area contributed by atoms with Crippen molar-refractivity contribution in [3.05, 3.63) is 34.9 Å². The normalized spacial score (nSPS) is 16.2. The van der Waals surface area contributed by atoms with E-state index in [4.69, 9.17) is 11.6 Å². The quantitative estimate of drug-likeness (QED) is 0.845. The summed E-state index contributed by atoms with van der Waals surface area (Å²) in [6.45, 7) is 4.96. The molecule has 1 aliphatic rings. The van der Waals surface area contributed by atoms with Crippen LogP contribution < -0.4 is 5.32 Å². The van der Waals surface area contributed by atoms with Gasteiger partial charge in [-0.15, -0.1) is 0 Å². The molecule has 2 N–H and O–H groups in total. The number of halogens is 1. The van der Waals surface area contributed by atoms with Crippen LogP contribution in [0, 0.1) is 5.92 Å². The number of hydrogen-bond donors (Lipinski definition) is 2. The lowest BCUT2D eigenvalue weighted by Crippen LogP contribution is -2.45. The third kappa shape index (κ3) is 4.37. The van der Waals surface area contributed by atoms with Crippen molar-refractivity contribution in [3.63, 3.8) is 0 Å². The van der Waals surface area contributed by atoms with Gasteiger partial charge in [0.05, 0.1) is 6.10 Å². The molecule has 1 aromatic rings. The molecule has 0 heterocycles. The van der Waals surface area contributed by atoms with E-state index in [0.717, 1.165) is 18.4 Å². The Labute approximate surface area is 137 Å². The lowest BCUT2D eigenvalue weighted by Gasteiger charge is -2.28. The Kier molecular flexibility index (Phi) is 5.35. The van der Waals surface area contributed by atoms with Crippen LogP contribution >= 0.6 is 11.6 Å². The van der Waals surface area contributed by atoms with Crippen molar-refractivity contribution in [1.29, 1.82) is 0 Å². The summed E-state index contributed by atoms with van der Waals surface area (Å²) in [6.07, 6.45) is 1.72. The summed E-state index contributed by atoms with van der Waals surface area (Å²) in [6, 6.07) is 7.52. The lowest BCUT2D eigenvalue weighted by atomic mass is 9.84. The summed E-state index contributed by atoms with van der Waals surface area (Å²) in [4.78, 5) is 13.7. The van der Waals surface area contributed by atoms with Gasteiger partial charge in [0.1, 0.15) is 0 Å². The fourth-order valence-corrected chi connectivity index (χ4v) is 2.92. The van der Waals surface area contributed by atoms with E-state index < -0.39 is 6.10 Å². The van der Waals surface area contributed by atoms with Crippen LogP contribution in [0.2, 0.25) is 5.02 Å². The maximum atomic E-state index is 12.2. The second-order valence-corrected chi connectivity index (χ2v) is 7.21. The summed E-state index contributed by atoms with van der Waals surface area (Å²) >= 11 is 6.24. The van der Waals surface area contributed by atoms with Crippen LogP contribution in [-0.2, 0) is 5.41 Å². The van der Waals surface area contributed by atoms with E-state index in [0.29, 0.717) is 24.0 Å². The van der Waals surface area contributed by atoms with Crippen LogP contribution in [0.25, 0.3) is 0 Å². The Morgan fingerprint density at radius 1 is 1.45 bits per heavy atom.